The zero-order valence-electron chi connectivity index (χ0n) is 15.7. The summed E-state index contributed by atoms with van der Waals surface area (Å²) in [5.74, 6) is -0.703. The molecule has 27 heavy (non-hydrogen) atoms. The molecule has 0 atom stereocenters. The summed E-state index contributed by atoms with van der Waals surface area (Å²) in [5, 5.41) is 10.9. The first kappa shape index (κ1) is 20.3. The van der Waals surface area contributed by atoms with Crippen LogP contribution < -0.4 is 0 Å². The molecular weight excluding hydrogens is 346 g/mol. The Kier molecular flexibility index (Phi) is 6.45. The molecule has 0 aliphatic rings. The fraction of sp³-hybridized carbons (Fsp3) is 0.333. The second kappa shape index (κ2) is 8.58. The van der Waals surface area contributed by atoms with E-state index in [0.717, 1.165) is 5.56 Å². The molecule has 0 heterocycles. The second-order valence-electron chi connectivity index (χ2n) is 7.30. The lowest BCUT2D eigenvalue weighted by Crippen LogP contribution is -2.12. The van der Waals surface area contributed by atoms with E-state index in [9.17, 15) is 19.7 Å². The van der Waals surface area contributed by atoms with Crippen LogP contribution >= 0.6 is 0 Å². The lowest BCUT2D eigenvalue weighted by Gasteiger charge is -2.18. The fourth-order valence-corrected chi connectivity index (χ4v) is 2.56. The predicted molar refractivity (Wildman–Crippen MR) is 102 cm³/mol. The van der Waals surface area contributed by atoms with Gasteiger partial charge in [0.1, 0.15) is 6.61 Å². The van der Waals surface area contributed by atoms with Crippen LogP contribution in [-0.2, 0) is 21.6 Å². The zero-order valence-corrected chi connectivity index (χ0v) is 15.7. The number of rotatable bonds is 7. The van der Waals surface area contributed by atoms with E-state index < -0.39 is 10.9 Å². The van der Waals surface area contributed by atoms with Crippen LogP contribution in [-0.4, -0.2) is 16.7 Å². The van der Waals surface area contributed by atoms with Crippen molar-refractivity contribution < 1.29 is 19.2 Å². The highest BCUT2D eigenvalue weighted by atomic mass is 16.6. The number of nitro benzene ring substituents is 1. The number of carbonyl (C=O) groups excluding carboxylic acids is 2. The molecule has 0 aromatic heterocycles. The molecule has 0 fully saturated rings. The van der Waals surface area contributed by atoms with Gasteiger partial charge in [0.15, 0.2) is 5.78 Å². The first-order valence-corrected chi connectivity index (χ1v) is 8.70. The Hall–Kier alpha value is -3.02. The number of nitrogens with zero attached hydrogens (tertiary/aromatic N) is 1. The van der Waals surface area contributed by atoms with Gasteiger partial charge in [-0.3, -0.25) is 19.7 Å². The van der Waals surface area contributed by atoms with Crippen LogP contribution in [0.15, 0.2) is 48.5 Å². The van der Waals surface area contributed by atoms with Gasteiger partial charge in [-0.25, -0.2) is 0 Å². The normalized spacial score (nSPS) is 11.1. The molecule has 0 spiro atoms. The Morgan fingerprint density at radius 3 is 2.22 bits per heavy atom. The van der Waals surface area contributed by atoms with Crippen molar-refractivity contribution in [3.8, 4) is 0 Å². The maximum Gasteiger partial charge on any atom is 0.306 e. The summed E-state index contributed by atoms with van der Waals surface area (Å²) in [6, 6.07) is 13.4. The van der Waals surface area contributed by atoms with Gasteiger partial charge in [0, 0.05) is 18.1 Å². The largest absolute Gasteiger partial charge is 0.461 e. The van der Waals surface area contributed by atoms with Crippen molar-refractivity contribution in [3.05, 3.63) is 75.3 Å². The summed E-state index contributed by atoms with van der Waals surface area (Å²) < 4.78 is 5.07. The standard InChI is InChI=1S/C21H23NO5/c1-21(2,3)17-10-8-15(9-11-17)19(23)12-13-20(24)27-14-16-6-4-5-7-18(16)22(25)26/h4-11H,12-14H2,1-3H3. The first-order chi connectivity index (χ1) is 12.7. The molecule has 6 heteroatoms. The summed E-state index contributed by atoms with van der Waals surface area (Å²) in [4.78, 5) is 34.5. The van der Waals surface area contributed by atoms with Gasteiger partial charge in [-0.15, -0.1) is 0 Å². The monoisotopic (exact) mass is 369 g/mol. The van der Waals surface area contributed by atoms with Gasteiger partial charge in [0.05, 0.1) is 16.9 Å². The molecule has 0 bridgehead atoms. The Morgan fingerprint density at radius 1 is 1.00 bits per heavy atom. The van der Waals surface area contributed by atoms with E-state index in [0.29, 0.717) is 11.1 Å². The molecule has 2 rings (SSSR count). The van der Waals surface area contributed by atoms with E-state index in [1.54, 1.807) is 24.3 Å². The van der Waals surface area contributed by atoms with Crippen molar-refractivity contribution in [1.82, 2.24) is 0 Å². The maximum absolute atomic E-state index is 12.2. The topological polar surface area (TPSA) is 86.5 Å². The molecule has 0 saturated heterocycles. The predicted octanol–water partition coefficient (Wildman–Crippen LogP) is 4.60. The third-order valence-corrected chi connectivity index (χ3v) is 4.21. The van der Waals surface area contributed by atoms with Gasteiger partial charge in [-0.05, 0) is 17.0 Å². The van der Waals surface area contributed by atoms with Crippen molar-refractivity contribution in [3.63, 3.8) is 0 Å². The van der Waals surface area contributed by atoms with Gasteiger partial charge >= 0.3 is 5.97 Å². The minimum Gasteiger partial charge on any atom is -0.461 e. The van der Waals surface area contributed by atoms with E-state index in [1.165, 1.54) is 12.1 Å². The maximum atomic E-state index is 12.2. The second-order valence-corrected chi connectivity index (χ2v) is 7.30. The number of nitro groups is 1. The van der Waals surface area contributed by atoms with Crippen molar-refractivity contribution in [1.29, 1.82) is 0 Å². The number of para-hydroxylation sites is 1. The molecule has 2 aromatic rings. The van der Waals surface area contributed by atoms with Crippen LogP contribution in [0.4, 0.5) is 5.69 Å². The van der Waals surface area contributed by atoms with Gasteiger partial charge in [0.2, 0.25) is 0 Å². The van der Waals surface area contributed by atoms with Gasteiger partial charge < -0.3 is 4.74 Å². The Labute approximate surface area is 158 Å². The molecule has 2 aromatic carbocycles. The number of Topliss-reactive ketones (excluding diaryl/α,β-unsaturated/α-hetero) is 1. The minimum atomic E-state index is -0.562. The molecule has 142 valence electrons. The number of hydrogen-bond acceptors (Lipinski definition) is 5. The van der Waals surface area contributed by atoms with E-state index in [2.05, 4.69) is 20.8 Å². The average molecular weight is 369 g/mol. The van der Waals surface area contributed by atoms with Crippen LogP contribution in [0.2, 0.25) is 0 Å². The lowest BCUT2D eigenvalue weighted by atomic mass is 9.86. The molecule has 0 amide bonds. The summed E-state index contributed by atoms with van der Waals surface area (Å²) in [7, 11) is 0. The number of carbonyl (C=O) groups is 2. The van der Waals surface area contributed by atoms with Gasteiger partial charge in [-0.1, -0.05) is 57.2 Å². The summed E-state index contributed by atoms with van der Waals surface area (Å²) in [5.41, 5.74) is 1.91. The third-order valence-electron chi connectivity index (χ3n) is 4.21. The molecule has 6 nitrogen and oxygen atoms in total. The average Bonchev–Trinajstić information content (AvgIpc) is 2.64. The highest BCUT2D eigenvalue weighted by Crippen LogP contribution is 2.23. The van der Waals surface area contributed by atoms with Crippen LogP contribution in [0.25, 0.3) is 0 Å². The zero-order chi connectivity index (χ0) is 20.0. The first-order valence-electron chi connectivity index (χ1n) is 8.70. The lowest BCUT2D eigenvalue weighted by molar-refractivity contribution is -0.385. The quantitative estimate of drug-likeness (QED) is 0.308. The number of ketones is 1. The molecule has 0 unspecified atom stereocenters. The van der Waals surface area contributed by atoms with Crippen molar-refractivity contribution in [2.45, 2.75) is 45.6 Å². The Bertz CT molecular complexity index is 834. The summed E-state index contributed by atoms with van der Waals surface area (Å²) in [6.45, 7) is 6.09. The molecule has 0 aliphatic carbocycles. The van der Waals surface area contributed by atoms with Gasteiger partial charge in [0.25, 0.3) is 5.69 Å². The third kappa shape index (κ3) is 5.74. The van der Waals surface area contributed by atoms with Crippen LogP contribution in [0, 0.1) is 10.1 Å². The number of hydrogen-bond donors (Lipinski definition) is 0. The van der Waals surface area contributed by atoms with E-state index >= 15 is 0 Å². The van der Waals surface area contributed by atoms with Gasteiger partial charge in [-0.2, -0.15) is 0 Å². The van der Waals surface area contributed by atoms with Crippen LogP contribution in [0.5, 0.6) is 0 Å². The molecule has 0 N–H and O–H groups in total. The number of esters is 1. The fourth-order valence-electron chi connectivity index (χ4n) is 2.56. The highest BCUT2D eigenvalue weighted by Gasteiger charge is 2.17. The molecule has 0 aliphatic heterocycles. The van der Waals surface area contributed by atoms with Crippen molar-refractivity contribution >= 4 is 17.4 Å². The van der Waals surface area contributed by atoms with E-state index in [-0.39, 0.29) is 36.3 Å². The Morgan fingerprint density at radius 2 is 1.63 bits per heavy atom. The highest BCUT2D eigenvalue weighted by molar-refractivity contribution is 5.97. The van der Waals surface area contributed by atoms with Crippen LogP contribution in [0.1, 0.15) is 55.1 Å². The smallest absolute Gasteiger partial charge is 0.306 e. The molecular formula is C21H23NO5. The Balaban J connectivity index is 1.87. The van der Waals surface area contributed by atoms with E-state index in [4.69, 9.17) is 4.74 Å². The number of ether oxygens (including phenoxy) is 1. The van der Waals surface area contributed by atoms with Crippen molar-refractivity contribution in [2.75, 3.05) is 0 Å². The SMILES string of the molecule is CC(C)(C)c1ccc(C(=O)CCC(=O)OCc2ccccc2[N+](=O)[O-])cc1. The summed E-state index contributed by atoms with van der Waals surface area (Å²) >= 11 is 0. The minimum absolute atomic E-state index is 0.00539. The van der Waals surface area contributed by atoms with E-state index in [1.807, 2.05) is 12.1 Å². The number of benzene rings is 2. The van der Waals surface area contributed by atoms with Crippen LogP contribution in [0.3, 0.4) is 0 Å². The summed E-state index contributed by atoms with van der Waals surface area (Å²) in [6.07, 6.45) is -0.0366. The van der Waals surface area contributed by atoms with Crippen molar-refractivity contribution in [2.24, 2.45) is 0 Å². The molecule has 0 saturated carbocycles. The molecule has 0 radical (unpaired) electrons.